The molecule has 0 aromatic rings. The van der Waals surface area contributed by atoms with Crippen molar-refractivity contribution in [3.8, 4) is 0 Å². The Hall–Kier alpha value is -1.14. The molecule has 1 saturated heterocycles. The zero-order valence-corrected chi connectivity index (χ0v) is 9.78. The highest BCUT2D eigenvalue weighted by molar-refractivity contribution is 5.83. The highest BCUT2D eigenvalue weighted by Gasteiger charge is 2.23. The van der Waals surface area contributed by atoms with Crippen LogP contribution in [0, 0.1) is 0 Å². The average molecular weight is 229 g/mol. The summed E-state index contributed by atoms with van der Waals surface area (Å²) in [6.45, 7) is 3.93. The van der Waals surface area contributed by atoms with E-state index in [0.717, 1.165) is 6.54 Å². The van der Waals surface area contributed by atoms with Crippen LogP contribution in [0.15, 0.2) is 0 Å². The number of hydrogen-bond donors (Lipinski definition) is 2. The van der Waals surface area contributed by atoms with Gasteiger partial charge in [-0.3, -0.25) is 9.59 Å². The fraction of sp³-hybridized carbons (Fsp3) is 0.800. The van der Waals surface area contributed by atoms with E-state index in [1.165, 1.54) is 6.92 Å². The average Bonchev–Trinajstić information content (AvgIpc) is 2.26. The first kappa shape index (κ1) is 12.9. The summed E-state index contributed by atoms with van der Waals surface area (Å²) in [7, 11) is 1.85. The van der Waals surface area contributed by atoms with Gasteiger partial charge in [0.25, 0.3) is 0 Å². The Morgan fingerprint density at radius 2 is 2.25 bits per heavy atom. The van der Waals surface area contributed by atoms with Gasteiger partial charge in [-0.15, -0.1) is 0 Å². The van der Waals surface area contributed by atoms with Crippen LogP contribution in [0.25, 0.3) is 0 Å². The number of nitrogens with one attached hydrogen (secondary N) is 2. The van der Waals surface area contributed by atoms with Crippen molar-refractivity contribution in [1.82, 2.24) is 15.5 Å². The van der Waals surface area contributed by atoms with E-state index < -0.39 is 0 Å². The second kappa shape index (κ2) is 6.44. The Morgan fingerprint density at radius 1 is 1.50 bits per heavy atom. The van der Waals surface area contributed by atoms with E-state index in [9.17, 15) is 9.59 Å². The van der Waals surface area contributed by atoms with Crippen LogP contribution in [-0.4, -0.2) is 62.7 Å². The predicted octanol–water partition coefficient (Wildman–Crippen LogP) is -1.43. The Bertz CT molecular complexity index is 256. The SMILES string of the molecule is CNCC1CN(C(=O)CNC(C)=O)CCO1. The number of morpholine rings is 1. The molecule has 6 nitrogen and oxygen atoms in total. The highest BCUT2D eigenvalue weighted by atomic mass is 16.5. The highest BCUT2D eigenvalue weighted by Crippen LogP contribution is 2.04. The van der Waals surface area contributed by atoms with Crippen molar-refractivity contribution >= 4 is 11.8 Å². The molecule has 1 aliphatic heterocycles. The molecule has 0 aromatic heterocycles. The van der Waals surface area contributed by atoms with Crippen molar-refractivity contribution in [2.24, 2.45) is 0 Å². The molecular formula is C10H19N3O3. The predicted molar refractivity (Wildman–Crippen MR) is 58.9 cm³/mol. The van der Waals surface area contributed by atoms with Gasteiger partial charge in [0.1, 0.15) is 0 Å². The Morgan fingerprint density at radius 3 is 2.88 bits per heavy atom. The van der Waals surface area contributed by atoms with Gasteiger partial charge in [0, 0.05) is 26.6 Å². The number of likely N-dealkylation sites (N-methyl/N-ethyl adjacent to an activating group) is 1. The number of nitrogens with zero attached hydrogens (tertiary/aromatic N) is 1. The molecule has 2 amide bonds. The van der Waals surface area contributed by atoms with Gasteiger partial charge < -0.3 is 20.3 Å². The van der Waals surface area contributed by atoms with E-state index in [0.29, 0.717) is 19.7 Å². The third kappa shape index (κ3) is 4.16. The summed E-state index contributed by atoms with van der Waals surface area (Å²) in [6, 6.07) is 0. The fourth-order valence-corrected chi connectivity index (χ4v) is 1.61. The topological polar surface area (TPSA) is 70.7 Å². The second-order valence-electron chi connectivity index (χ2n) is 3.80. The number of ether oxygens (including phenoxy) is 1. The zero-order chi connectivity index (χ0) is 12.0. The van der Waals surface area contributed by atoms with E-state index in [4.69, 9.17) is 4.74 Å². The fourth-order valence-electron chi connectivity index (χ4n) is 1.61. The van der Waals surface area contributed by atoms with Crippen LogP contribution >= 0.6 is 0 Å². The van der Waals surface area contributed by atoms with Crippen molar-refractivity contribution in [1.29, 1.82) is 0 Å². The van der Waals surface area contributed by atoms with Gasteiger partial charge in [-0.2, -0.15) is 0 Å². The molecule has 16 heavy (non-hydrogen) atoms. The molecule has 92 valence electrons. The lowest BCUT2D eigenvalue weighted by atomic mass is 10.2. The summed E-state index contributed by atoms with van der Waals surface area (Å²) in [5.41, 5.74) is 0. The summed E-state index contributed by atoms with van der Waals surface area (Å²) >= 11 is 0. The lowest BCUT2D eigenvalue weighted by molar-refractivity contribution is -0.138. The van der Waals surface area contributed by atoms with Gasteiger partial charge in [-0.1, -0.05) is 0 Å². The van der Waals surface area contributed by atoms with Crippen LogP contribution in [-0.2, 0) is 14.3 Å². The number of rotatable bonds is 4. The summed E-state index contributed by atoms with van der Waals surface area (Å²) in [4.78, 5) is 24.1. The van der Waals surface area contributed by atoms with E-state index in [1.807, 2.05) is 7.05 Å². The molecule has 6 heteroatoms. The normalized spacial score (nSPS) is 20.6. The third-order valence-electron chi connectivity index (χ3n) is 2.41. The van der Waals surface area contributed by atoms with Gasteiger partial charge in [0.2, 0.25) is 11.8 Å². The van der Waals surface area contributed by atoms with Crippen LogP contribution in [0.2, 0.25) is 0 Å². The molecule has 0 aromatic carbocycles. The van der Waals surface area contributed by atoms with Crippen LogP contribution in [0.1, 0.15) is 6.92 Å². The molecule has 1 rings (SSSR count). The number of carbonyl (C=O) groups is 2. The van der Waals surface area contributed by atoms with Gasteiger partial charge in [-0.25, -0.2) is 0 Å². The largest absolute Gasteiger partial charge is 0.373 e. The van der Waals surface area contributed by atoms with Crippen molar-refractivity contribution in [3.63, 3.8) is 0 Å². The van der Waals surface area contributed by atoms with Crippen molar-refractivity contribution < 1.29 is 14.3 Å². The molecule has 0 radical (unpaired) electrons. The number of amides is 2. The maximum atomic E-state index is 11.7. The van der Waals surface area contributed by atoms with Crippen LogP contribution in [0.4, 0.5) is 0 Å². The maximum absolute atomic E-state index is 11.7. The second-order valence-corrected chi connectivity index (χ2v) is 3.80. The number of carbonyl (C=O) groups excluding carboxylic acids is 2. The minimum atomic E-state index is -0.187. The summed E-state index contributed by atoms with van der Waals surface area (Å²) in [5, 5.41) is 5.52. The Kier molecular flexibility index (Phi) is 5.21. The lowest BCUT2D eigenvalue weighted by Gasteiger charge is -2.32. The Balaban J connectivity index is 2.34. The van der Waals surface area contributed by atoms with E-state index >= 15 is 0 Å². The van der Waals surface area contributed by atoms with Crippen LogP contribution < -0.4 is 10.6 Å². The van der Waals surface area contributed by atoms with Gasteiger partial charge in [0.05, 0.1) is 19.3 Å². The molecule has 0 bridgehead atoms. The van der Waals surface area contributed by atoms with Crippen molar-refractivity contribution in [3.05, 3.63) is 0 Å². The first-order chi connectivity index (χ1) is 7.63. The molecule has 1 atom stereocenters. The van der Waals surface area contributed by atoms with E-state index in [1.54, 1.807) is 4.90 Å². The summed E-state index contributed by atoms with van der Waals surface area (Å²) in [5.74, 6) is -0.243. The molecule has 1 heterocycles. The first-order valence-corrected chi connectivity index (χ1v) is 5.42. The molecule has 2 N–H and O–H groups in total. The van der Waals surface area contributed by atoms with Gasteiger partial charge in [0.15, 0.2) is 0 Å². The van der Waals surface area contributed by atoms with Crippen LogP contribution in [0.5, 0.6) is 0 Å². The smallest absolute Gasteiger partial charge is 0.242 e. The minimum absolute atomic E-state index is 0.0417. The molecule has 0 spiro atoms. The molecule has 1 unspecified atom stereocenters. The standard InChI is InChI=1S/C10H19N3O3/c1-8(14)12-6-10(15)13-3-4-16-9(7-13)5-11-2/h9,11H,3-7H2,1-2H3,(H,12,14). The number of hydrogen-bond acceptors (Lipinski definition) is 4. The van der Waals surface area contributed by atoms with Gasteiger partial charge in [-0.05, 0) is 7.05 Å². The van der Waals surface area contributed by atoms with Crippen molar-refractivity contribution in [2.75, 3.05) is 39.8 Å². The summed E-state index contributed by atoms with van der Waals surface area (Å²) in [6.07, 6.45) is 0.0417. The third-order valence-corrected chi connectivity index (χ3v) is 2.41. The molecular weight excluding hydrogens is 210 g/mol. The zero-order valence-electron chi connectivity index (χ0n) is 9.78. The van der Waals surface area contributed by atoms with E-state index in [2.05, 4.69) is 10.6 Å². The van der Waals surface area contributed by atoms with Crippen LogP contribution in [0.3, 0.4) is 0 Å². The molecule has 1 fully saturated rings. The quantitative estimate of drug-likeness (QED) is 0.620. The van der Waals surface area contributed by atoms with E-state index in [-0.39, 0.29) is 24.5 Å². The monoisotopic (exact) mass is 229 g/mol. The summed E-state index contributed by atoms with van der Waals surface area (Å²) < 4.78 is 5.48. The molecule has 0 saturated carbocycles. The van der Waals surface area contributed by atoms with Gasteiger partial charge >= 0.3 is 0 Å². The minimum Gasteiger partial charge on any atom is -0.373 e. The Labute approximate surface area is 95.3 Å². The van der Waals surface area contributed by atoms with Crippen molar-refractivity contribution in [2.45, 2.75) is 13.0 Å². The molecule has 0 aliphatic carbocycles. The maximum Gasteiger partial charge on any atom is 0.242 e. The lowest BCUT2D eigenvalue weighted by Crippen LogP contribution is -2.51. The first-order valence-electron chi connectivity index (χ1n) is 5.42. The molecule has 1 aliphatic rings.